The molecule has 4 heteroatoms. The van der Waals surface area contributed by atoms with Crippen LogP contribution >= 0.6 is 11.3 Å². The molecule has 1 atom stereocenters. The molecular weight excluding hydrogens is 196 g/mol. The molecule has 1 aromatic heterocycles. The van der Waals surface area contributed by atoms with Crippen molar-refractivity contribution < 1.29 is 4.74 Å². The van der Waals surface area contributed by atoms with E-state index in [2.05, 4.69) is 22.3 Å². The first-order valence-corrected chi connectivity index (χ1v) is 5.86. The molecule has 0 amide bonds. The number of thiophene rings is 1. The van der Waals surface area contributed by atoms with Crippen LogP contribution in [0.2, 0.25) is 0 Å². The van der Waals surface area contributed by atoms with Gasteiger partial charge in [-0.1, -0.05) is 0 Å². The van der Waals surface area contributed by atoms with Crippen LogP contribution in [0.25, 0.3) is 0 Å². The summed E-state index contributed by atoms with van der Waals surface area (Å²) < 4.78 is 5.32. The minimum absolute atomic E-state index is 0.259. The number of nitrogens with one attached hydrogen (secondary N) is 1. The Morgan fingerprint density at radius 2 is 2.50 bits per heavy atom. The minimum Gasteiger partial charge on any atom is -0.380 e. The molecule has 80 valence electrons. The lowest BCUT2D eigenvalue weighted by atomic mass is 10.1. The van der Waals surface area contributed by atoms with Crippen molar-refractivity contribution in [1.82, 2.24) is 5.43 Å². The fraction of sp³-hybridized carbons (Fsp3) is 0.600. The van der Waals surface area contributed by atoms with Crippen molar-refractivity contribution >= 4 is 11.3 Å². The van der Waals surface area contributed by atoms with Gasteiger partial charge in [0, 0.05) is 12.6 Å². The van der Waals surface area contributed by atoms with E-state index in [1.807, 2.05) is 6.92 Å². The second kappa shape index (κ2) is 6.95. The lowest BCUT2D eigenvalue weighted by Crippen LogP contribution is -2.39. The number of hydrogen-bond acceptors (Lipinski definition) is 4. The molecule has 3 nitrogen and oxygen atoms in total. The largest absolute Gasteiger partial charge is 0.380 e. The molecule has 0 radical (unpaired) electrons. The number of rotatable bonds is 7. The zero-order valence-corrected chi connectivity index (χ0v) is 9.35. The van der Waals surface area contributed by atoms with Crippen LogP contribution in [-0.4, -0.2) is 19.3 Å². The maximum Gasteiger partial charge on any atom is 0.0633 e. The zero-order chi connectivity index (χ0) is 10.2. The van der Waals surface area contributed by atoms with E-state index in [9.17, 15) is 0 Å². The van der Waals surface area contributed by atoms with Crippen LogP contribution < -0.4 is 11.3 Å². The van der Waals surface area contributed by atoms with Crippen LogP contribution in [0.15, 0.2) is 16.8 Å². The van der Waals surface area contributed by atoms with Gasteiger partial charge in [0.05, 0.1) is 6.61 Å². The number of hydrogen-bond donors (Lipinski definition) is 2. The van der Waals surface area contributed by atoms with E-state index in [0.717, 1.165) is 19.4 Å². The van der Waals surface area contributed by atoms with Crippen molar-refractivity contribution in [3.05, 3.63) is 22.4 Å². The molecule has 0 bridgehead atoms. The monoisotopic (exact) mass is 214 g/mol. The van der Waals surface area contributed by atoms with Crippen molar-refractivity contribution in [3.63, 3.8) is 0 Å². The summed E-state index contributed by atoms with van der Waals surface area (Å²) in [6, 6.07) is 2.41. The predicted octanol–water partition coefficient (Wildman–Crippen LogP) is 1.55. The van der Waals surface area contributed by atoms with Crippen molar-refractivity contribution in [2.45, 2.75) is 25.8 Å². The minimum atomic E-state index is 0.259. The van der Waals surface area contributed by atoms with E-state index in [1.54, 1.807) is 11.3 Å². The second-order valence-electron chi connectivity index (χ2n) is 3.19. The summed E-state index contributed by atoms with van der Waals surface area (Å²) in [6.07, 6.45) is 2.08. The van der Waals surface area contributed by atoms with Crippen LogP contribution in [0.5, 0.6) is 0 Å². The Labute approximate surface area is 89.2 Å². The molecule has 0 saturated carbocycles. The van der Waals surface area contributed by atoms with E-state index < -0.39 is 0 Å². The number of ether oxygens (including phenoxy) is 1. The van der Waals surface area contributed by atoms with E-state index in [4.69, 9.17) is 10.6 Å². The number of aryl methyl sites for hydroxylation is 1. The van der Waals surface area contributed by atoms with Crippen molar-refractivity contribution in [3.8, 4) is 0 Å². The predicted molar refractivity (Wildman–Crippen MR) is 60.2 cm³/mol. The average Bonchev–Trinajstić information content (AvgIpc) is 2.71. The van der Waals surface area contributed by atoms with Gasteiger partial charge in [-0.3, -0.25) is 11.3 Å². The highest BCUT2D eigenvalue weighted by Gasteiger charge is 2.06. The van der Waals surface area contributed by atoms with Crippen LogP contribution in [0.4, 0.5) is 0 Å². The Bertz CT molecular complexity index is 226. The molecule has 0 aromatic carbocycles. The normalized spacial score (nSPS) is 13.0. The molecule has 1 rings (SSSR count). The SMILES string of the molecule is CCOCC(CCc1ccsc1)NN. The Hall–Kier alpha value is -0.420. The third kappa shape index (κ3) is 4.19. The van der Waals surface area contributed by atoms with E-state index in [0.29, 0.717) is 6.61 Å². The van der Waals surface area contributed by atoms with Gasteiger partial charge in [-0.15, -0.1) is 0 Å². The fourth-order valence-electron chi connectivity index (χ4n) is 1.25. The highest BCUT2D eigenvalue weighted by molar-refractivity contribution is 7.07. The summed E-state index contributed by atoms with van der Waals surface area (Å²) in [7, 11) is 0. The summed E-state index contributed by atoms with van der Waals surface area (Å²) in [4.78, 5) is 0. The molecule has 0 fully saturated rings. The lowest BCUT2D eigenvalue weighted by molar-refractivity contribution is 0.120. The number of nitrogens with two attached hydrogens (primary N) is 1. The smallest absolute Gasteiger partial charge is 0.0633 e. The topological polar surface area (TPSA) is 47.3 Å². The maximum atomic E-state index is 5.43. The van der Waals surface area contributed by atoms with Crippen LogP contribution in [0, 0.1) is 0 Å². The van der Waals surface area contributed by atoms with Gasteiger partial charge in [-0.05, 0) is 42.2 Å². The van der Waals surface area contributed by atoms with Gasteiger partial charge in [-0.25, -0.2) is 0 Å². The summed E-state index contributed by atoms with van der Waals surface area (Å²) in [5, 5.41) is 4.27. The Morgan fingerprint density at radius 1 is 1.64 bits per heavy atom. The highest BCUT2D eigenvalue weighted by Crippen LogP contribution is 2.09. The van der Waals surface area contributed by atoms with Crippen molar-refractivity contribution in [1.29, 1.82) is 0 Å². The van der Waals surface area contributed by atoms with Gasteiger partial charge in [0.1, 0.15) is 0 Å². The fourth-order valence-corrected chi connectivity index (χ4v) is 1.95. The molecule has 1 heterocycles. The highest BCUT2D eigenvalue weighted by atomic mass is 32.1. The van der Waals surface area contributed by atoms with Gasteiger partial charge in [0.15, 0.2) is 0 Å². The third-order valence-corrected chi connectivity index (χ3v) is 2.85. The summed E-state index contributed by atoms with van der Waals surface area (Å²) in [5.41, 5.74) is 4.16. The first-order valence-electron chi connectivity index (χ1n) is 4.91. The molecule has 3 N–H and O–H groups in total. The average molecular weight is 214 g/mol. The molecule has 1 unspecified atom stereocenters. The van der Waals surface area contributed by atoms with Gasteiger partial charge in [0.25, 0.3) is 0 Å². The molecule has 0 aliphatic rings. The van der Waals surface area contributed by atoms with E-state index >= 15 is 0 Å². The second-order valence-corrected chi connectivity index (χ2v) is 3.97. The van der Waals surface area contributed by atoms with Gasteiger partial charge >= 0.3 is 0 Å². The summed E-state index contributed by atoms with van der Waals surface area (Å²) >= 11 is 1.73. The Kier molecular flexibility index (Phi) is 5.78. The van der Waals surface area contributed by atoms with Crippen molar-refractivity contribution in [2.75, 3.05) is 13.2 Å². The van der Waals surface area contributed by atoms with Crippen LogP contribution in [-0.2, 0) is 11.2 Å². The van der Waals surface area contributed by atoms with E-state index in [-0.39, 0.29) is 6.04 Å². The summed E-state index contributed by atoms with van der Waals surface area (Å²) in [5.74, 6) is 5.43. The molecule has 0 aliphatic carbocycles. The molecule has 1 aromatic rings. The zero-order valence-electron chi connectivity index (χ0n) is 8.53. The molecular formula is C10H18N2OS. The first kappa shape index (κ1) is 11.7. The maximum absolute atomic E-state index is 5.43. The Balaban J connectivity index is 2.20. The lowest BCUT2D eigenvalue weighted by Gasteiger charge is -2.14. The van der Waals surface area contributed by atoms with Gasteiger partial charge in [-0.2, -0.15) is 11.3 Å². The van der Waals surface area contributed by atoms with Gasteiger partial charge in [0.2, 0.25) is 0 Å². The summed E-state index contributed by atoms with van der Waals surface area (Å²) in [6.45, 7) is 3.43. The Morgan fingerprint density at radius 3 is 3.07 bits per heavy atom. The number of hydrazine groups is 1. The molecule has 0 spiro atoms. The molecule has 0 aliphatic heterocycles. The molecule has 14 heavy (non-hydrogen) atoms. The first-order chi connectivity index (χ1) is 6.86. The van der Waals surface area contributed by atoms with Crippen molar-refractivity contribution in [2.24, 2.45) is 5.84 Å². The van der Waals surface area contributed by atoms with Gasteiger partial charge < -0.3 is 4.74 Å². The van der Waals surface area contributed by atoms with Crippen LogP contribution in [0.1, 0.15) is 18.9 Å². The standard InChI is InChI=1S/C10H18N2OS/c1-2-13-7-10(12-11)4-3-9-5-6-14-8-9/h5-6,8,10,12H,2-4,7,11H2,1H3. The van der Waals surface area contributed by atoms with E-state index in [1.165, 1.54) is 5.56 Å². The molecule has 0 saturated heterocycles. The third-order valence-electron chi connectivity index (χ3n) is 2.12. The quantitative estimate of drug-likeness (QED) is 0.535. The van der Waals surface area contributed by atoms with Crippen LogP contribution in [0.3, 0.4) is 0 Å².